The Morgan fingerprint density at radius 3 is 2.26 bits per heavy atom. The van der Waals surface area contributed by atoms with Gasteiger partial charge in [-0.15, -0.1) is 6.58 Å². The molecule has 0 aromatic carbocycles. The van der Waals surface area contributed by atoms with E-state index in [2.05, 4.69) is 27.8 Å². The Bertz CT molecular complexity index is 1230. The third-order valence-electron chi connectivity index (χ3n) is 9.03. The van der Waals surface area contributed by atoms with Gasteiger partial charge in [0.2, 0.25) is 17.6 Å². The van der Waals surface area contributed by atoms with Crippen LogP contribution in [0.5, 0.6) is 0 Å². The maximum absolute atomic E-state index is 14.2. The zero-order valence-corrected chi connectivity index (χ0v) is 29.9. The molecule has 2 fully saturated rings. The van der Waals surface area contributed by atoms with Crippen molar-refractivity contribution in [1.29, 1.82) is 0 Å². The molecule has 47 heavy (non-hydrogen) atoms. The highest BCUT2D eigenvalue weighted by molar-refractivity contribution is 7.92. The van der Waals surface area contributed by atoms with Crippen molar-refractivity contribution < 1.29 is 37.1 Å². The number of hydrogen-bond acceptors (Lipinski definition) is 8. The predicted molar refractivity (Wildman–Crippen MR) is 180 cm³/mol. The second-order valence-corrected chi connectivity index (χ2v) is 16.1. The Hall–Kier alpha value is -3.00. The van der Waals surface area contributed by atoms with Gasteiger partial charge in [-0.25, -0.2) is 13.2 Å². The number of ketones is 1. The molecule has 0 aromatic rings. The molecule has 1 aliphatic carbocycles. The van der Waals surface area contributed by atoms with Crippen molar-refractivity contribution in [1.82, 2.24) is 26.2 Å². The normalized spacial score (nSPS) is 20.9. The maximum atomic E-state index is 14.2. The Morgan fingerprint density at radius 2 is 1.70 bits per heavy atom. The van der Waals surface area contributed by atoms with Crippen molar-refractivity contribution in [3.8, 4) is 0 Å². The molecule has 0 radical (unpaired) electrons. The Kier molecular flexibility index (Phi) is 15.3. The largest absolute Gasteiger partial charge is 0.379 e. The monoisotopic (exact) mass is 683 g/mol. The lowest BCUT2D eigenvalue weighted by Crippen LogP contribution is -2.67. The number of carbonyl (C=O) groups excluding carboxylic acids is 5. The van der Waals surface area contributed by atoms with E-state index in [9.17, 15) is 32.4 Å². The van der Waals surface area contributed by atoms with Gasteiger partial charge in [-0.1, -0.05) is 72.8 Å². The first kappa shape index (κ1) is 40.2. The number of ether oxygens (including phenoxy) is 1. The van der Waals surface area contributed by atoms with E-state index in [0.29, 0.717) is 25.7 Å². The minimum atomic E-state index is -3.51. The van der Waals surface area contributed by atoms with Crippen LogP contribution < -0.4 is 21.3 Å². The Balaban J connectivity index is 2.30. The first-order valence-electron chi connectivity index (χ1n) is 17.0. The van der Waals surface area contributed by atoms with E-state index in [1.165, 1.54) is 11.0 Å². The summed E-state index contributed by atoms with van der Waals surface area (Å²) < 4.78 is 31.8. The smallest absolute Gasteiger partial charge is 0.315 e. The van der Waals surface area contributed by atoms with Crippen LogP contribution in [0.4, 0.5) is 4.79 Å². The lowest BCUT2D eigenvalue weighted by molar-refractivity contribution is -0.145. The molecule has 4 N–H and O–H groups in total. The van der Waals surface area contributed by atoms with Gasteiger partial charge in [0, 0.05) is 13.1 Å². The van der Waals surface area contributed by atoms with Crippen LogP contribution in [-0.4, -0.2) is 104 Å². The van der Waals surface area contributed by atoms with Gasteiger partial charge < -0.3 is 30.9 Å². The maximum Gasteiger partial charge on any atom is 0.315 e. The molecule has 268 valence electrons. The van der Waals surface area contributed by atoms with Crippen LogP contribution in [-0.2, 0) is 33.8 Å². The second kappa shape index (κ2) is 18.0. The molecule has 2 rings (SSSR count). The molecule has 4 atom stereocenters. The van der Waals surface area contributed by atoms with Gasteiger partial charge in [0.05, 0.1) is 30.5 Å². The summed E-state index contributed by atoms with van der Waals surface area (Å²) in [5.74, 6) is -2.81. The summed E-state index contributed by atoms with van der Waals surface area (Å²) in [7, 11) is -3.51. The first-order chi connectivity index (χ1) is 22.0. The minimum absolute atomic E-state index is 0.00117. The lowest BCUT2D eigenvalue weighted by atomic mass is 9.79. The minimum Gasteiger partial charge on any atom is -0.379 e. The molecule has 14 heteroatoms. The molecule has 0 bridgehead atoms. The summed E-state index contributed by atoms with van der Waals surface area (Å²) in [5, 5.41) is 10.1. The molecule has 13 nitrogen and oxygen atoms in total. The molecule has 1 unspecified atom stereocenters. The predicted octanol–water partition coefficient (Wildman–Crippen LogP) is 2.39. The number of unbranched alkanes of at least 4 members (excludes halogenated alkanes) is 1. The van der Waals surface area contributed by atoms with E-state index >= 15 is 0 Å². The highest BCUT2D eigenvalue weighted by Gasteiger charge is 2.50. The summed E-state index contributed by atoms with van der Waals surface area (Å²) in [5.41, 5.74) is -1.82. The van der Waals surface area contributed by atoms with Crippen LogP contribution in [0.1, 0.15) is 99.3 Å². The van der Waals surface area contributed by atoms with Crippen molar-refractivity contribution in [2.24, 2.45) is 5.41 Å². The molecule has 1 saturated carbocycles. The van der Waals surface area contributed by atoms with E-state index in [0.717, 1.165) is 25.7 Å². The summed E-state index contributed by atoms with van der Waals surface area (Å²) in [6, 6.07) is -3.83. The highest BCUT2D eigenvalue weighted by Crippen LogP contribution is 2.36. The summed E-state index contributed by atoms with van der Waals surface area (Å²) in [6.45, 7) is 14.7. The van der Waals surface area contributed by atoms with Crippen molar-refractivity contribution >= 4 is 39.4 Å². The van der Waals surface area contributed by atoms with Gasteiger partial charge in [0.1, 0.15) is 17.3 Å². The van der Waals surface area contributed by atoms with E-state index in [1.54, 1.807) is 27.7 Å². The molecule has 5 amide bonds. The summed E-state index contributed by atoms with van der Waals surface area (Å²) >= 11 is 0. The molecule has 1 saturated heterocycles. The first-order valence-corrected chi connectivity index (χ1v) is 18.7. The zero-order chi connectivity index (χ0) is 35.4. The number of sulfone groups is 1. The fraction of sp³-hybridized carbons (Fsp3) is 0.788. The Labute approximate surface area is 280 Å². The number of rotatable bonds is 16. The van der Waals surface area contributed by atoms with Crippen LogP contribution in [0.2, 0.25) is 0 Å². The van der Waals surface area contributed by atoms with Gasteiger partial charge in [0.15, 0.2) is 9.84 Å². The van der Waals surface area contributed by atoms with E-state index < -0.39 is 73.7 Å². The second-order valence-electron chi connectivity index (χ2n) is 13.8. The average molecular weight is 684 g/mol. The van der Waals surface area contributed by atoms with Crippen molar-refractivity contribution in [3.05, 3.63) is 12.7 Å². The zero-order valence-electron chi connectivity index (χ0n) is 29.1. The third kappa shape index (κ3) is 11.0. The van der Waals surface area contributed by atoms with E-state index in [4.69, 9.17) is 4.74 Å². The summed E-state index contributed by atoms with van der Waals surface area (Å²) in [6.07, 6.45) is 6.94. The topological polar surface area (TPSA) is 180 Å². The SMILES string of the molecule is C=CCNC(=O)C(=O)[C@H](CCCC)NC(=O)[C@H](C)N(CCC)C(=O)[C@@H](NC(=O)NC1(C2COCCS2(=O)=O)CCCCC1)C(C)(C)C. The standard InChI is InChI=1S/C33H57N5O8S/c1-8-11-15-24(26(39)29(41)34-18-9-2)35-28(40)23(4)38(19-10-3)30(42)27(32(5,6)7)36-31(43)37-33(16-13-12-14-17-33)25-22-46-20-21-47(25,44)45/h9,23-25,27H,2,8,10-22H2,1,3-7H3,(H,34,41)(H,35,40)(H2,36,37,43)/t23-,24-,25?,27+/m0/s1. The molecular formula is C33H57N5O8S. The molecule has 0 aromatic heterocycles. The number of nitrogens with one attached hydrogen (secondary N) is 4. The van der Waals surface area contributed by atoms with Gasteiger partial charge >= 0.3 is 6.03 Å². The van der Waals surface area contributed by atoms with Crippen molar-refractivity contribution in [2.75, 3.05) is 32.1 Å². The highest BCUT2D eigenvalue weighted by atomic mass is 32.2. The average Bonchev–Trinajstić information content (AvgIpc) is 3.01. The fourth-order valence-corrected chi connectivity index (χ4v) is 8.21. The number of Topliss-reactive ketones (excluding diaryl/α,β-unsaturated/α-hetero) is 1. The number of urea groups is 1. The number of amides is 5. The molecular weight excluding hydrogens is 626 g/mol. The van der Waals surface area contributed by atoms with Crippen LogP contribution >= 0.6 is 0 Å². The quantitative estimate of drug-likeness (QED) is 0.141. The summed E-state index contributed by atoms with van der Waals surface area (Å²) in [4.78, 5) is 68.1. The molecule has 1 aliphatic heterocycles. The van der Waals surface area contributed by atoms with Gasteiger partial charge in [-0.3, -0.25) is 19.2 Å². The Morgan fingerprint density at radius 1 is 1.04 bits per heavy atom. The van der Waals surface area contributed by atoms with E-state index in [1.807, 2.05) is 13.8 Å². The van der Waals surface area contributed by atoms with E-state index in [-0.39, 0.29) is 38.5 Å². The number of nitrogens with zero attached hydrogens (tertiary/aromatic N) is 1. The molecule has 2 aliphatic rings. The van der Waals surface area contributed by atoms with Gasteiger partial charge in [0.25, 0.3) is 5.91 Å². The number of hydrogen-bond donors (Lipinski definition) is 4. The van der Waals surface area contributed by atoms with Gasteiger partial charge in [-0.05, 0) is 38.0 Å². The molecule has 0 spiro atoms. The van der Waals surface area contributed by atoms with Crippen LogP contribution in [0.25, 0.3) is 0 Å². The van der Waals surface area contributed by atoms with Crippen LogP contribution in [0, 0.1) is 5.41 Å². The van der Waals surface area contributed by atoms with Crippen LogP contribution in [0.15, 0.2) is 12.7 Å². The third-order valence-corrected chi connectivity index (χ3v) is 11.2. The lowest BCUT2D eigenvalue weighted by Gasteiger charge is -2.45. The van der Waals surface area contributed by atoms with Crippen LogP contribution in [0.3, 0.4) is 0 Å². The number of carbonyl (C=O) groups is 5. The fourth-order valence-electron chi connectivity index (χ4n) is 6.29. The molecule has 1 heterocycles. The van der Waals surface area contributed by atoms with Crippen molar-refractivity contribution in [3.63, 3.8) is 0 Å². The van der Waals surface area contributed by atoms with Gasteiger partial charge in [-0.2, -0.15) is 0 Å². The van der Waals surface area contributed by atoms with Crippen molar-refractivity contribution in [2.45, 2.75) is 128 Å².